The lowest BCUT2D eigenvalue weighted by molar-refractivity contribution is -0.192. The van der Waals surface area contributed by atoms with Gasteiger partial charge in [-0.15, -0.1) is 0 Å². The van der Waals surface area contributed by atoms with Crippen molar-refractivity contribution in [3.8, 4) is 11.5 Å². The van der Waals surface area contributed by atoms with Crippen LogP contribution in [0.3, 0.4) is 0 Å². The minimum Gasteiger partial charge on any atom is -0.508 e. The van der Waals surface area contributed by atoms with Crippen LogP contribution in [-0.4, -0.2) is 60.3 Å². The Hall–Kier alpha value is -4.15. The largest absolute Gasteiger partial charge is 0.508 e. The van der Waals surface area contributed by atoms with Crippen molar-refractivity contribution in [3.63, 3.8) is 0 Å². The van der Waals surface area contributed by atoms with Gasteiger partial charge in [0.1, 0.15) is 34.1 Å². The number of sulfonamides is 1. The second kappa shape index (κ2) is 17.2. The van der Waals surface area contributed by atoms with Crippen LogP contribution in [-0.2, 0) is 32.8 Å². The van der Waals surface area contributed by atoms with E-state index in [0.29, 0.717) is 37.3 Å². The van der Waals surface area contributed by atoms with Crippen molar-refractivity contribution in [2.45, 2.75) is 57.0 Å². The third-order valence-electron chi connectivity index (χ3n) is 6.92. The van der Waals surface area contributed by atoms with Gasteiger partial charge in [-0.1, -0.05) is 53.5 Å². The number of phenols is 1. The Morgan fingerprint density at radius 2 is 1.62 bits per heavy atom. The number of hydrogen-bond donors (Lipinski definition) is 5. The maximum absolute atomic E-state index is 13.4. The summed E-state index contributed by atoms with van der Waals surface area (Å²) < 4.78 is 67.0. The van der Waals surface area contributed by atoms with E-state index in [1.165, 1.54) is 26.0 Å². The number of alkyl halides is 3. The van der Waals surface area contributed by atoms with Gasteiger partial charge < -0.3 is 25.6 Å². The molecule has 11 nitrogen and oxygen atoms in total. The first kappa shape index (κ1) is 40.3. The van der Waals surface area contributed by atoms with Crippen LogP contribution in [0.2, 0.25) is 10.0 Å². The number of carboxylic acid groups (broad SMARTS) is 1. The van der Waals surface area contributed by atoms with Gasteiger partial charge in [0, 0.05) is 34.8 Å². The Bertz CT molecular complexity index is 1930. The number of para-hydroxylation sites is 1. The zero-order valence-corrected chi connectivity index (χ0v) is 29.4. The highest BCUT2D eigenvalue weighted by Crippen LogP contribution is 2.33. The Labute approximate surface area is 296 Å². The molecule has 4 aromatic rings. The summed E-state index contributed by atoms with van der Waals surface area (Å²) in [7, 11) is -4.23. The first-order valence-electron chi connectivity index (χ1n) is 14.9. The molecule has 0 spiro atoms. The molecule has 17 heteroatoms. The van der Waals surface area contributed by atoms with Crippen LogP contribution in [0.4, 0.5) is 13.2 Å². The fourth-order valence-corrected chi connectivity index (χ4v) is 6.59. The van der Waals surface area contributed by atoms with Crippen molar-refractivity contribution < 1.29 is 46.1 Å². The molecular formula is C33H35Cl2F3N4O7S. The average Bonchev–Trinajstić information content (AvgIpc) is 3.02. The number of aliphatic carboxylic acids is 1. The number of nitrogens with one attached hydrogen (secondary N) is 3. The second-order valence-corrected chi connectivity index (χ2v) is 13.8. The molecule has 0 aliphatic carbocycles. The number of hydrogen-bond acceptors (Lipinski definition) is 8. The van der Waals surface area contributed by atoms with Crippen LogP contribution >= 0.6 is 23.2 Å². The van der Waals surface area contributed by atoms with Crippen LogP contribution in [0, 0.1) is 6.92 Å². The standard InChI is InChI=1S/C31H34Cl2N4O5S.C2HF3O2/c1-20-8-11-22-6-4-7-26(29(22)36-20)42-19-24-25(32)14-15-27(28(24)33)43(40,41)37-31(2,3)30(39)35-17-5-16-34-18-21-9-12-23(38)13-10-21;3-2(4,5)1(6)7/h4,6-15,34,37-38H,5,16-19H2,1-3H3,(H,35,39);(H,6,7). The molecule has 4 rings (SSSR count). The number of benzene rings is 3. The Morgan fingerprint density at radius 1 is 0.960 bits per heavy atom. The fraction of sp³-hybridized carbons (Fsp3) is 0.303. The molecule has 1 heterocycles. The molecule has 0 atom stereocenters. The van der Waals surface area contributed by atoms with E-state index in [2.05, 4.69) is 20.3 Å². The van der Waals surface area contributed by atoms with Gasteiger partial charge in [-0.3, -0.25) is 4.79 Å². The van der Waals surface area contributed by atoms with E-state index in [0.717, 1.165) is 16.6 Å². The molecule has 5 N–H and O–H groups in total. The zero-order chi connectivity index (χ0) is 37.3. The number of fused-ring (bicyclic) bond motifs is 1. The van der Waals surface area contributed by atoms with Crippen molar-refractivity contribution in [2.24, 2.45) is 0 Å². The predicted molar refractivity (Wildman–Crippen MR) is 183 cm³/mol. The molecule has 50 heavy (non-hydrogen) atoms. The molecule has 0 aliphatic rings. The number of aromatic nitrogens is 1. The predicted octanol–water partition coefficient (Wildman–Crippen LogP) is 6.12. The minimum atomic E-state index is -5.08. The van der Waals surface area contributed by atoms with Crippen LogP contribution in [0.1, 0.15) is 37.1 Å². The molecule has 3 aromatic carbocycles. The fourth-order valence-electron chi connectivity index (χ4n) is 4.32. The number of ether oxygens (including phenoxy) is 1. The summed E-state index contributed by atoms with van der Waals surface area (Å²) >= 11 is 13.0. The van der Waals surface area contributed by atoms with Crippen LogP contribution in [0.15, 0.2) is 71.6 Å². The number of carbonyl (C=O) groups is 2. The van der Waals surface area contributed by atoms with Gasteiger partial charge in [0.2, 0.25) is 15.9 Å². The highest BCUT2D eigenvalue weighted by Gasteiger charge is 2.38. The third-order valence-corrected chi connectivity index (χ3v) is 9.51. The lowest BCUT2D eigenvalue weighted by Crippen LogP contribution is -2.54. The number of nitrogens with zero attached hydrogens (tertiary/aromatic N) is 1. The van der Waals surface area contributed by atoms with Gasteiger partial charge in [0.25, 0.3) is 0 Å². The maximum atomic E-state index is 13.4. The second-order valence-electron chi connectivity index (χ2n) is 11.4. The third kappa shape index (κ3) is 11.5. The van der Waals surface area contributed by atoms with E-state index in [4.69, 9.17) is 37.8 Å². The summed E-state index contributed by atoms with van der Waals surface area (Å²) in [6, 6.07) is 19.0. The lowest BCUT2D eigenvalue weighted by atomic mass is 10.1. The summed E-state index contributed by atoms with van der Waals surface area (Å²) in [5.41, 5.74) is 1.34. The summed E-state index contributed by atoms with van der Waals surface area (Å²) in [5, 5.41) is 23.6. The molecule has 270 valence electrons. The molecule has 0 fully saturated rings. The van der Waals surface area contributed by atoms with Crippen LogP contribution in [0.25, 0.3) is 10.9 Å². The molecule has 0 radical (unpaired) electrons. The van der Waals surface area contributed by atoms with Crippen molar-refractivity contribution in [3.05, 3.63) is 93.6 Å². The van der Waals surface area contributed by atoms with Gasteiger partial charge in [0.15, 0.2) is 0 Å². The summed E-state index contributed by atoms with van der Waals surface area (Å²) in [4.78, 5) is 26.1. The van der Waals surface area contributed by atoms with Gasteiger partial charge in [-0.25, -0.2) is 18.2 Å². The SMILES string of the molecule is Cc1ccc2cccc(OCc3c(Cl)ccc(S(=O)(=O)NC(C)(C)C(=O)NCCCNCc4ccc(O)cc4)c3Cl)c2n1.O=C(O)C(F)(F)F. The Balaban J connectivity index is 0.000000872. The first-order chi connectivity index (χ1) is 23.3. The van der Waals surface area contributed by atoms with Gasteiger partial charge in [0.05, 0.1) is 5.02 Å². The van der Waals surface area contributed by atoms with Crippen LogP contribution < -0.4 is 20.1 Å². The van der Waals surface area contributed by atoms with E-state index in [9.17, 15) is 31.5 Å². The number of aryl methyl sites for hydroxylation is 1. The molecule has 1 amide bonds. The topological polar surface area (TPSA) is 167 Å². The Morgan fingerprint density at radius 3 is 2.26 bits per heavy atom. The smallest absolute Gasteiger partial charge is 0.490 e. The van der Waals surface area contributed by atoms with Crippen molar-refractivity contribution >= 4 is 56.0 Å². The van der Waals surface area contributed by atoms with E-state index >= 15 is 0 Å². The number of pyridine rings is 1. The normalized spacial score (nSPS) is 11.8. The number of carboxylic acids is 1. The van der Waals surface area contributed by atoms with E-state index in [1.54, 1.807) is 18.2 Å². The van der Waals surface area contributed by atoms with Crippen LogP contribution in [0.5, 0.6) is 11.5 Å². The van der Waals surface area contributed by atoms with E-state index in [1.807, 2.05) is 43.3 Å². The first-order valence-corrected chi connectivity index (χ1v) is 17.1. The number of halogens is 5. The monoisotopic (exact) mass is 758 g/mol. The summed E-state index contributed by atoms with van der Waals surface area (Å²) in [5.74, 6) is -2.52. The van der Waals surface area contributed by atoms with Crippen molar-refractivity contribution in [1.82, 2.24) is 20.3 Å². The van der Waals surface area contributed by atoms with Crippen molar-refractivity contribution in [2.75, 3.05) is 13.1 Å². The molecule has 0 bridgehead atoms. The molecule has 0 unspecified atom stereocenters. The molecule has 0 aliphatic heterocycles. The Kier molecular flexibility index (Phi) is 13.8. The van der Waals surface area contributed by atoms with E-state index < -0.39 is 33.6 Å². The summed E-state index contributed by atoms with van der Waals surface area (Å²) in [6.07, 6.45) is -4.45. The zero-order valence-electron chi connectivity index (χ0n) is 27.1. The van der Waals surface area contributed by atoms with Gasteiger partial charge >= 0.3 is 12.1 Å². The number of amides is 1. The number of carbonyl (C=O) groups excluding carboxylic acids is 1. The number of rotatable bonds is 13. The average molecular weight is 760 g/mol. The molecule has 0 saturated heterocycles. The van der Waals surface area contributed by atoms with Gasteiger partial charge in [-0.05, 0) is 75.7 Å². The minimum absolute atomic E-state index is 0.0968. The molecule has 0 saturated carbocycles. The highest BCUT2D eigenvalue weighted by atomic mass is 35.5. The van der Waals surface area contributed by atoms with Gasteiger partial charge in [-0.2, -0.15) is 17.9 Å². The highest BCUT2D eigenvalue weighted by molar-refractivity contribution is 7.89. The maximum Gasteiger partial charge on any atom is 0.490 e. The number of phenolic OH excluding ortho intramolecular Hbond substituents is 1. The van der Waals surface area contributed by atoms with E-state index in [-0.39, 0.29) is 32.9 Å². The quantitative estimate of drug-likeness (QED) is 0.101. The molecular weight excluding hydrogens is 724 g/mol. The van der Waals surface area contributed by atoms with Crippen molar-refractivity contribution in [1.29, 1.82) is 0 Å². The summed E-state index contributed by atoms with van der Waals surface area (Å²) in [6.45, 7) is 6.34. The number of aromatic hydroxyl groups is 1. The molecule has 1 aromatic heterocycles. The lowest BCUT2D eigenvalue weighted by Gasteiger charge is -2.25.